The zero-order valence-corrected chi connectivity index (χ0v) is 20.4. The predicted octanol–water partition coefficient (Wildman–Crippen LogP) is 3.33. The molecule has 11 nitrogen and oxygen atoms in total. The van der Waals surface area contributed by atoms with Gasteiger partial charge in [-0.3, -0.25) is 0 Å². The van der Waals surface area contributed by atoms with Gasteiger partial charge in [0, 0.05) is 31.3 Å². The van der Waals surface area contributed by atoms with Gasteiger partial charge in [0.05, 0.1) is 18.8 Å². The fraction of sp³-hybridized carbons (Fsp3) is 0.522. The van der Waals surface area contributed by atoms with Crippen LogP contribution >= 0.6 is 0 Å². The van der Waals surface area contributed by atoms with Gasteiger partial charge in [0.15, 0.2) is 0 Å². The van der Waals surface area contributed by atoms with Crippen LogP contribution in [-0.4, -0.2) is 66.4 Å². The van der Waals surface area contributed by atoms with Gasteiger partial charge in [0.25, 0.3) is 0 Å². The molecule has 1 amide bonds. The van der Waals surface area contributed by atoms with E-state index in [1.807, 2.05) is 38.1 Å². The predicted molar refractivity (Wildman–Crippen MR) is 124 cm³/mol. The van der Waals surface area contributed by atoms with Crippen molar-refractivity contribution in [2.24, 2.45) is 5.92 Å². The lowest BCUT2D eigenvalue weighted by atomic mass is 9.98. The van der Waals surface area contributed by atoms with Crippen molar-refractivity contribution in [3.8, 4) is 17.5 Å². The van der Waals surface area contributed by atoms with Gasteiger partial charge < -0.3 is 19.5 Å². The molecule has 35 heavy (non-hydrogen) atoms. The molecule has 2 aromatic rings. The minimum Gasteiger partial charge on any atom is -0.474 e. The first kappa shape index (κ1) is 25.1. The quantitative estimate of drug-likeness (QED) is 0.594. The van der Waals surface area contributed by atoms with E-state index in [1.54, 1.807) is 0 Å². The number of piperidine rings is 1. The van der Waals surface area contributed by atoms with Gasteiger partial charge in [-0.15, -0.1) is 0 Å². The molecule has 2 atom stereocenters. The highest BCUT2D eigenvalue weighted by Gasteiger charge is 2.32. The van der Waals surface area contributed by atoms with Gasteiger partial charge in [0.1, 0.15) is 18.2 Å². The molecule has 2 fully saturated rings. The van der Waals surface area contributed by atoms with Crippen molar-refractivity contribution in [2.75, 3.05) is 19.8 Å². The van der Waals surface area contributed by atoms with Crippen molar-refractivity contribution in [3.05, 3.63) is 41.7 Å². The molecule has 12 heteroatoms. The number of benzene rings is 1. The summed E-state index contributed by atoms with van der Waals surface area (Å²) < 4.78 is 43.9. The van der Waals surface area contributed by atoms with Crippen LogP contribution < -0.4 is 9.47 Å². The van der Waals surface area contributed by atoms with Crippen molar-refractivity contribution in [1.82, 2.24) is 14.9 Å². The number of carbonyl (C=O) groups is 1. The zero-order chi connectivity index (χ0) is 25.0. The first-order chi connectivity index (χ1) is 16.7. The molecule has 1 aromatic carbocycles. The summed E-state index contributed by atoms with van der Waals surface area (Å²) in [4.78, 5) is 21.4. The van der Waals surface area contributed by atoms with E-state index in [0.29, 0.717) is 48.9 Å². The summed E-state index contributed by atoms with van der Waals surface area (Å²) in [5.41, 5.74) is 1.65. The maximum atomic E-state index is 11.4. The van der Waals surface area contributed by atoms with E-state index in [0.717, 1.165) is 12.0 Å². The van der Waals surface area contributed by atoms with Gasteiger partial charge >= 0.3 is 16.5 Å². The van der Waals surface area contributed by atoms with Gasteiger partial charge in [-0.2, -0.15) is 8.42 Å². The Morgan fingerprint density at radius 1 is 1.17 bits per heavy atom. The van der Waals surface area contributed by atoms with Gasteiger partial charge in [-0.05, 0) is 37.5 Å². The monoisotopic (exact) mass is 507 g/mol. The number of hydrogen-bond donors (Lipinski definition) is 1. The maximum Gasteiger partial charge on any atom is 0.407 e. The van der Waals surface area contributed by atoms with E-state index >= 15 is 0 Å². The molecule has 2 aliphatic rings. The number of amides is 1. The van der Waals surface area contributed by atoms with E-state index in [4.69, 9.17) is 17.8 Å². The lowest BCUT2D eigenvalue weighted by Gasteiger charge is -2.37. The van der Waals surface area contributed by atoms with Crippen molar-refractivity contribution in [1.29, 1.82) is 0 Å². The van der Waals surface area contributed by atoms with Crippen LogP contribution in [0.4, 0.5) is 4.79 Å². The second-order valence-corrected chi connectivity index (χ2v) is 9.99. The molecule has 1 aromatic heterocycles. The zero-order valence-electron chi connectivity index (χ0n) is 19.6. The molecule has 190 valence electrons. The molecule has 2 unspecified atom stereocenters. The van der Waals surface area contributed by atoms with Gasteiger partial charge in [0.2, 0.25) is 11.8 Å². The average Bonchev–Trinajstić information content (AvgIpc) is 2.84. The third-order valence-corrected chi connectivity index (χ3v) is 7.06. The lowest BCUT2D eigenvalue weighted by Crippen LogP contribution is -2.48. The van der Waals surface area contributed by atoms with E-state index in [2.05, 4.69) is 9.97 Å². The molecular formula is C23H29N3O8S. The summed E-state index contributed by atoms with van der Waals surface area (Å²) in [6.07, 6.45) is 2.87. The lowest BCUT2D eigenvalue weighted by molar-refractivity contribution is 0.0507. The highest BCUT2D eigenvalue weighted by Crippen LogP contribution is 2.31. The Morgan fingerprint density at radius 2 is 1.86 bits per heavy atom. The Hall–Kier alpha value is -2.96. The molecule has 0 bridgehead atoms. The summed E-state index contributed by atoms with van der Waals surface area (Å²) in [6.45, 7) is 4.40. The maximum absolute atomic E-state index is 11.4. The van der Waals surface area contributed by atoms with Crippen molar-refractivity contribution in [3.63, 3.8) is 0 Å². The van der Waals surface area contributed by atoms with Crippen LogP contribution in [0.25, 0.3) is 0 Å². The van der Waals surface area contributed by atoms with Crippen LogP contribution in [0.15, 0.2) is 30.6 Å². The molecule has 3 heterocycles. The number of likely N-dealkylation sites (tertiary alicyclic amines) is 1. The second-order valence-electron chi connectivity index (χ2n) is 8.70. The van der Waals surface area contributed by atoms with E-state index in [1.165, 1.54) is 11.2 Å². The number of carboxylic acid groups (broad SMARTS) is 1. The third-order valence-electron chi connectivity index (χ3n) is 6.21. The second kappa shape index (κ2) is 10.8. The number of nitrogens with zero attached hydrogens (tertiary/aromatic N) is 3. The van der Waals surface area contributed by atoms with Gasteiger partial charge in [-0.1, -0.05) is 19.1 Å². The molecule has 0 spiro atoms. The standard InChI is InChI=1S/C23H29N3O8S/c1-3-18-11-20(8-9-26(18)23(27)28)34-22-15(2)21(24-14-25-22)33-19-6-4-16(5-7-19)10-17-12-31-35(29,30)32-13-17/h4-7,14,17-18,20H,3,8-13H2,1-2H3,(H,27,28). The van der Waals surface area contributed by atoms with Crippen LogP contribution in [0, 0.1) is 12.8 Å². The van der Waals surface area contributed by atoms with Gasteiger partial charge in [-0.25, -0.2) is 23.1 Å². The molecule has 2 aliphatic heterocycles. The molecule has 2 saturated heterocycles. The van der Waals surface area contributed by atoms with E-state index in [-0.39, 0.29) is 31.3 Å². The normalized spacial score (nSPS) is 22.5. The molecule has 1 N–H and O–H groups in total. The van der Waals surface area contributed by atoms with Crippen molar-refractivity contribution in [2.45, 2.75) is 51.7 Å². The first-order valence-corrected chi connectivity index (χ1v) is 12.9. The summed E-state index contributed by atoms with van der Waals surface area (Å²) in [6, 6.07) is 7.33. The minimum absolute atomic E-state index is 0.0521. The Balaban J connectivity index is 1.36. The highest BCUT2D eigenvalue weighted by molar-refractivity contribution is 7.81. The van der Waals surface area contributed by atoms with Crippen LogP contribution in [-0.2, 0) is 25.2 Å². The summed E-state index contributed by atoms with van der Waals surface area (Å²) >= 11 is 0. The Labute approximate surface area is 204 Å². The summed E-state index contributed by atoms with van der Waals surface area (Å²) in [5, 5.41) is 9.37. The molecule has 0 saturated carbocycles. The number of aromatic nitrogens is 2. The van der Waals surface area contributed by atoms with E-state index in [9.17, 15) is 18.3 Å². The first-order valence-electron chi connectivity index (χ1n) is 11.5. The topological polar surface area (TPSA) is 137 Å². The Bertz CT molecular complexity index is 1130. The van der Waals surface area contributed by atoms with Crippen molar-refractivity contribution >= 4 is 16.5 Å². The van der Waals surface area contributed by atoms with E-state index < -0.39 is 16.5 Å². The largest absolute Gasteiger partial charge is 0.474 e. The summed E-state index contributed by atoms with van der Waals surface area (Å²) in [7, 11) is -3.84. The summed E-state index contributed by atoms with van der Waals surface area (Å²) in [5.74, 6) is 1.32. The SMILES string of the molecule is CCC1CC(Oc2ncnc(Oc3ccc(CC4COS(=O)(=O)OC4)cc3)c2C)CCN1C(=O)O. The Kier molecular flexibility index (Phi) is 7.72. The molecular weight excluding hydrogens is 478 g/mol. The van der Waals surface area contributed by atoms with Crippen LogP contribution in [0.1, 0.15) is 37.3 Å². The smallest absolute Gasteiger partial charge is 0.407 e. The molecule has 4 rings (SSSR count). The number of ether oxygens (including phenoxy) is 2. The minimum atomic E-state index is -3.84. The fourth-order valence-electron chi connectivity index (χ4n) is 4.26. The van der Waals surface area contributed by atoms with Crippen LogP contribution in [0.3, 0.4) is 0 Å². The van der Waals surface area contributed by atoms with Crippen LogP contribution in [0.2, 0.25) is 0 Å². The third kappa shape index (κ3) is 6.38. The van der Waals surface area contributed by atoms with Crippen LogP contribution in [0.5, 0.6) is 17.5 Å². The average molecular weight is 508 g/mol. The number of hydrogen-bond acceptors (Lipinski definition) is 9. The molecule has 0 aliphatic carbocycles. The Morgan fingerprint density at radius 3 is 2.51 bits per heavy atom. The van der Waals surface area contributed by atoms with Crippen molar-refractivity contribution < 1.29 is 36.2 Å². The highest BCUT2D eigenvalue weighted by atomic mass is 32.3. The fourth-order valence-corrected chi connectivity index (χ4v) is 5.04. The number of rotatable bonds is 7. The molecule has 0 radical (unpaired) electrons.